The lowest BCUT2D eigenvalue weighted by Crippen LogP contribution is -1.91. The monoisotopic (exact) mass is 237 g/mol. The second-order valence-electron chi connectivity index (χ2n) is 3.40. The molecule has 0 radical (unpaired) electrons. The molecule has 0 saturated heterocycles. The first-order valence-electron chi connectivity index (χ1n) is 4.54. The molecule has 5 heteroatoms. The van der Waals surface area contributed by atoms with Crippen molar-refractivity contribution in [3.8, 4) is 11.3 Å². The molecule has 82 valence electrons. The predicted molar refractivity (Wildman–Crippen MR) is 58.6 cm³/mol. The number of hydrogen-bond donors (Lipinski definition) is 1. The van der Waals surface area contributed by atoms with Crippen LogP contribution in [0.3, 0.4) is 0 Å². The number of carbonyl (C=O) groups is 1. The molecular weight excluding hydrogens is 230 g/mol. The van der Waals surface area contributed by atoms with Crippen LogP contribution in [-0.4, -0.2) is 16.2 Å². The Morgan fingerprint density at radius 3 is 2.69 bits per heavy atom. The molecule has 1 heterocycles. The molecule has 0 aliphatic heterocycles. The third kappa shape index (κ3) is 2.06. The highest BCUT2D eigenvalue weighted by molar-refractivity contribution is 6.30. The first-order valence-corrected chi connectivity index (χ1v) is 4.91. The van der Waals surface area contributed by atoms with Gasteiger partial charge in [-0.25, -0.2) is 4.79 Å². The van der Waals surface area contributed by atoms with Crippen LogP contribution in [0.1, 0.15) is 16.1 Å². The molecule has 1 aromatic heterocycles. The van der Waals surface area contributed by atoms with Crippen molar-refractivity contribution in [3.05, 3.63) is 40.6 Å². The predicted octanol–water partition coefficient (Wildman–Crippen LogP) is 3.00. The first-order chi connectivity index (χ1) is 7.56. The van der Waals surface area contributed by atoms with Crippen LogP contribution in [0.25, 0.3) is 11.3 Å². The molecule has 2 rings (SSSR count). The van der Waals surface area contributed by atoms with E-state index < -0.39 is 5.97 Å². The van der Waals surface area contributed by atoms with Crippen LogP contribution in [-0.2, 0) is 0 Å². The summed E-state index contributed by atoms with van der Waals surface area (Å²) in [5, 5.41) is 12.9. The van der Waals surface area contributed by atoms with Gasteiger partial charge < -0.3 is 9.63 Å². The minimum atomic E-state index is -1.14. The van der Waals surface area contributed by atoms with Crippen LogP contribution in [0.15, 0.2) is 28.8 Å². The molecule has 2 aromatic rings. The van der Waals surface area contributed by atoms with E-state index in [1.54, 1.807) is 6.07 Å². The van der Waals surface area contributed by atoms with E-state index in [1.807, 2.05) is 19.1 Å². The molecule has 1 aromatic carbocycles. The third-order valence-corrected chi connectivity index (χ3v) is 2.28. The molecule has 0 spiro atoms. The molecule has 0 aliphatic carbocycles. The number of halogens is 1. The topological polar surface area (TPSA) is 63.3 Å². The van der Waals surface area contributed by atoms with Gasteiger partial charge in [0.25, 0.3) is 0 Å². The summed E-state index contributed by atoms with van der Waals surface area (Å²) in [5.74, 6) is -1.33. The second kappa shape index (κ2) is 3.98. The molecule has 1 N–H and O–H groups in total. The number of rotatable bonds is 2. The Labute approximate surface area is 96.4 Å². The lowest BCUT2D eigenvalue weighted by Gasteiger charge is -1.99. The quantitative estimate of drug-likeness (QED) is 0.872. The van der Waals surface area contributed by atoms with Crippen molar-refractivity contribution in [2.24, 2.45) is 0 Å². The van der Waals surface area contributed by atoms with Crippen molar-refractivity contribution in [2.75, 3.05) is 0 Å². The van der Waals surface area contributed by atoms with Gasteiger partial charge in [-0.15, -0.1) is 0 Å². The number of aromatic nitrogens is 1. The zero-order valence-electron chi connectivity index (χ0n) is 8.40. The number of carboxylic acid groups (broad SMARTS) is 1. The van der Waals surface area contributed by atoms with Gasteiger partial charge in [0.15, 0.2) is 0 Å². The van der Waals surface area contributed by atoms with Crippen LogP contribution < -0.4 is 0 Å². The van der Waals surface area contributed by atoms with Gasteiger partial charge in [0.2, 0.25) is 5.76 Å². The lowest BCUT2D eigenvalue weighted by molar-refractivity contribution is 0.0652. The summed E-state index contributed by atoms with van der Waals surface area (Å²) in [6.07, 6.45) is 0. The van der Waals surface area contributed by atoms with E-state index in [1.165, 1.54) is 6.07 Å². The highest BCUT2D eigenvalue weighted by Gasteiger charge is 2.12. The Morgan fingerprint density at radius 1 is 1.38 bits per heavy atom. The molecule has 4 nitrogen and oxygen atoms in total. The van der Waals surface area contributed by atoms with Gasteiger partial charge in [0.1, 0.15) is 5.69 Å². The average molecular weight is 238 g/mol. The van der Waals surface area contributed by atoms with Gasteiger partial charge in [0.05, 0.1) is 0 Å². The number of hydrogen-bond acceptors (Lipinski definition) is 3. The van der Waals surface area contributed by atoms with Gasteiger partial charge >= 0.3 is 5.97 Å². The lowest BCUT2D eigenvalue weighted by atomic mass is 10.1. The smallest absolute Gasteiger partial charge is 0.374 e. The molecule has 0 fully saturated rings. The summed E-state index contributed by atoms with van der Waals surface area (Å²) in [6, 6.07) is 6.74. The van der Waals surface area contributed by atoms with E-state index in [0.29, 0.717) is 10.7 Å². The van der Waals surface area contributed by atoms with Crippen LogP contribution in [0, 0.1) is 6.92 Å². The Kier molecular flexibility index (Phi) is 2.66. The van der Waals surface area contributed by atoms with Crippen LogP contribution in [0.2, 0.25) is 5.02 Å². The number of nitrogens with zero attached hydrogens (tertiary/aromatic N) is 1. The maximum atomic E-state index is 10.6. The van der Waals surface area contributed by atoms with E-state index >= 15 is 0 Å². The molecule has 0 amide bonds. The maximum absolute atomic E-state index is 10.6. The fourth-order valence-electron chi connectivity index (χ4n) is 1.40. The first kappa shape index (κ1) is 10.7. The van der Waals surface area contributed by atoms with E-state index in [0.717, 1.165) is 11.1 Å². The minimum absolute atomic E-state index is 0.187. The fraction of sp³-hybridized carbons (Fsp3) is 0.0909. The van der Waals surface area contributed by atoms with Crippen molar-refractivity contribution in [3.63, 3.8) is 0 Å². The largest absolute Gasteiger partial charge is 0.475 e. The molecule has 16 heavy (non-hydrogen) atoms. The van der Waals surface area contributed by atoms with Crippen molar-refractivity contribution in [2.45, 2.75) is 6.92 Å². The third-order valence-electron chi connectivity index (χ3n) is 2.06. The van der Waals surface area contributed by atoms with Crippen molar-refractivity contribution < 1.29 is 14.4 Å². The Morgan fingerprint density at radius 2 is 2.12 bits per heavy atom. The highest BCUT2D eigenvalue weighted by atomic mass is 35.5. The van der Waals surface area contributed by atoms with Gasteiger partial charge in [-0.3, -0.25) is 0 Å². The maximum Gasteiger partial charge on any atom is 0.374 e. The zero-order chi connectivity index (χ0) is 11.7. The summed E-state index contributed by atoms with van der Waals surface area (Å²) in [6.45, 7) is 1.90. The summed E-state index contributed by atoms with van der Waals surface area (Å²) < 4.78 is 4.67. The van der Waals surface area contributed by atoms with Crippen molar-refractivity contribution >= 4 is 17.6 Å². The van der Waals surface area contributed by atoms with Crippen LogP contribution in [0.4, 0.5) is 0 Å². The van der Waals surface area contributed by atoms with E-state index in [4.69, 9.17) is 16.7 Å². The van der Waals surface area contributed by atoms with Crippen LogP contribution >= 0.6 is 11.6 Å². The second-order valence-corrected chi connectivity index (χ2v) is 3.84. The van der Waals surface area contributed by atoms with Crippen LogP contribution in [0.5, 0.6) is 0 Å². The minimum Gasteiger partial charge on any atom is -0.475 e. The van der Waals surface area contributed by atoms with E-state index in [-0.39, 0.29) is 5.76 Å². The molecular formula is C11H8ClNO3. The number of aryl methyl sites for hydroxylation is 1. The fourth-order valence-corrected chi connectivity index (χ4v) is 1.69. The number of carboxylic acids is 1. The standard InChI is InChI=1S/C11H8ClNO3/c1-6-2-7(4-8(12)3-6)9-5-10(11(14)15)16-13-9/h2-5H,1H3,(H,14,15). The van der Waals surface area contributed by atoms with Gasteiger partial charge in [-0.1, -0.05) is 16.8 Å². The van der Waals surface area contributed by atoms with Gasteiger partial charge in [-0.05, 0) is 30.7 Å². The highest BCUT2D eigenvalue weighted by Crippen LogP contribution is 2.24. The molecule has 0 saturated carbocycles. The summed E-state index contributed by atoms with van der Waals surface area (Å²) in [5.41, 5.74) is 2.17. The molecule has 0 aliphatic rings. The Hall–Kier alpha value is -1.81. The Balaban J connectivity index is 2.46. The van der Waals surface area contributed by atoms with Crippen molar-refractivity contribution in [1.82, 2.24) is 5.16 Å². The summed E-state index contributed by atoms with van der Waals surface area (Å²) in [7, 11) is 0. The van der Waals surface area contributed by atoms with Gasteiger partial charge in [-0.2, -0.15) is 0 Å². The number of aromatic carboxylic acids is 1. The molecule has 0 bridgehead atoms. The van der Waals surface area contributed by atoms with E-state index in [9.17, 15) is 4.79 Å². The summed E-state index contributed by atoms with van der Waals surface area (Å²) >= 11 is 5.89. The normalized spacial score (nSPS) is 10.4. The Bertz CT molecular complexity index is 528. The van der Waals surface area contributed by atoms with Crippen molar-refractivity contribution in [1.29, 1.82) is 0 Å². The van der Waals surface area contributed by atoms with Gasteiger partial charge in [0, 0.05) is 16.7 Å². The molecule has 0 unspecified atom stereocenters. The summed E-state index contributed by atoms with van der Waals surface area (Å²) in [4.78, 5) is 10.6. The molecule has 0 atom stereocenters. The average Bonchev–Trinajstić information content (AvgIpc) is 2.64. The SMILES string of the molecule is Cc1cc(Cl)cc(-c2cc(C(=O)O)on2)c1. The zero-order valence-corrected chi connectivity index (χ0v) is 9.15. The number of benzene rings is 1. The van der Waals surface area contributed by atoms with E-state index in [2.05, 4.69) is 9.68 Å².